The molecule has 1 aromatic carbocycles. The topological polar surface area (TPSA) is 46.2 Å². The minimum absolute atomic E-state index is 0.142. The Morgan fingerprint density at radius 1 is 1.24 bits per heavy atom. The van der Waals surface area contributed by atoms with E-state index in [9.17, 15) is 17.2 Å². The fourth-order valence-electron chi connectivity index (χ4n) is 1.18. The standard InChI is InChI=1S/C10H12ClF2NO2S/c11-5-1-2-6-17(15,16)14-10-4-3-8(12)7-9(10)13/h3-4,7,14H,1-2,5-6H2. The fourth-order valence-corrected chi connectivity index (χ4v) is 2.55. The van der Waals surface area contributed by atoms with Gasteiger partial charge < -0.3 is 0 Å². The first-order valence-corrected chi connectivity index (χ1v) is 7.15. The van der Waals surface area contributed by atoms with Gasteiger partial charge in [0, 0.05) is 11.9 Å². The van der Waals surface area contributed by atoms with Crippen LogP contribution in [0.2, 0.25) is 0 Å². The first-order chi connectivity index (χ1) is 7.94. The van der Waals surface area contributed by atoms with Gasteiger partial charge >= 0.3 is 0 Å². The number of unbranched alkanes of at least 4 members (excludes halogenated alkanes) is 1. The van der Waals surface area contributed by atoms with Gasteiger partial charge in [0.2, 0.25) is 10.0 Å². The summed E-state index contributed by atoms with van der Waals surface area (Å²) in [5.74, 6) is -1.46. The van der Waals surface area contributed by atoms with E-state index in [1.165, 1.54) is 0 Å². The van der Waals surface area contributed by atoms with E-state index in [1.807, 2.05) is 0 Å². The second-order valence-electron chi connectivity index (χ2n) is 3.44. The van der Waals surface area contributed by atoms with Gasteiger partial charge in [-0.15, -0.1) is 11.6 Å². The maximum absolute atomic E-state index is 13.2. The zero-order valence-electron chi connectivity index (χ0n) is 8.92. The number of halogens is 3. The van der Waals surface area contributed by atoms with Crippen molar-refractivity contribution in [3.63, 3.8) is 0 Å². The average molecular weight is 284 g/mol. The number of nitrogens with one attached hydrogen (secondary N) is 1. The minimum Gasteiger partial charge on any atom is -0.281 e. The molecule has 0 saturated carbocycles. The van der Waals surface area contributed by atoms with Gasteiger partial charge in [0.05, 0.1) is 11.4 Å². The predicted octanol–water partition coefficient (Wildman–Crippen LogP) is 2.73. The molecule has 17 heavy (non-hydrogen) atoms. The highest BCUT2D eigenvalue weighted by molar-refractivity contribution is 7.92. The third-order valence-corrected chi connectivity index (χ3v) is 3.62. The summed E-state index contributed by atoms with van der Waals surface area (Å²) in [5, 5.41) is 0. The number of rotatable bonds is 6. The van der Waals surface area contributed by atoms with E-state index in [1.54, 1.807) is 0 Å². The highest BCUT2D eigenvalue weighted by Gasteiger charge is 2.13. The molecule has 0 unspecified atom stereocenters. The normalized spacial score (nSPS) is 11.5. The van der Waals surface area contributed by atoms with E-state index in [4.69, 9.17) is 11.6 Å². The fraction of sp³-hybridized carbons (Fsp3) is 0.400. The second-order valence-corrected chi connectivity index (χ2v) is 5.66. The van der Waals surface area contributed by atoms with Crippen LogP contribution >= 0.6 is 11.6 Å². The molecule has 0 saturated heterocycles. The Bertz CT molecular complexity index is 479. The van der Waals surface area contributed by atoms with E-state index >= 15 is 0 Å². The predicted molar refractivity (Wildman–Crippen MR) is 63.7 cm³/mol. The smallest absolute Gasteiger partial charge is 0.232 e. The molecule has 0 atom stereocenters. The van der Waals surface area contributed by atoms with Crippen molar-refractivity contribution < 1.29 is 17.2 Å². The van der Waals surface area contributed by atoms with E-state index in [-0.39, 0.29) is 11.4 Å². The molecule has 0 amide bonds. The maximum atomic E-state index is 13.2. The summed E-state index contributed by atoms with van der Waals surface area (Å²) in [5.41, 5.74) is -0.253. The van der Waals surface area contributed by atoms with E-state index in [2.05, 4.69) is 4.72 Å². The Hall–Kier alpha value is -0.880. The quantitative estimate of drug-likeness (QED) is 0.644. The van der Waals surface area contributed by atoms with Gasteiger partial charge in [0.1, 0.15) is 11.6 Å². The van der Waals surface area contributed by atoms with Crippen LogP contribution in [0.3, 0.4) is 0 Å². The van der Waals surface area contributed by atoms with Crippen LogP contribution in [-0.2, 0) is 10.0 Å². The molecule has 0 radical (unpaired) electrons. The zero-order valence-corrected chi connectivity index (χ0v) is 10.5. The Morgan fingerprint density at radius 2 is 1.94 bits per heavy atom. The lowest BCUT2D eigenvalue weighted by Gasteiger charge is -2.08. The van der Waals surface area contributed by atoms with E-state index < -0.39 is 21.7 Å². The Morgan fingerprint density at radius 3 is 2.53 bits per heavy atom. The van der Waals surface area contributed by atoms with Crippen molar-refractivity contribution in [3.05, 3.63) is 29.8 Å². The molecule has 96 valence electrons. The van der Waals surface area contributed by atoms with Crippen LogP contribution in [-0.4, -0.2) is 20.1 Å². The minimum atomic E-state index is -3.61. The largest absolute Gasteiger partial charge is 0.281 e. The van der Waals surface area contributed by atoms with Crippen LogP contribution in [0, 0.1) is 11.6 Å². The third-order valence-electron chi connectivity index (χ3n) is 1.99. The van der Waals surface area contributed by atoms with Gasteiger partial charge in [-0.1, -0.05) is 0 Å². The molecule has 0 fully saturated rings. The highest BCUT2D eigenvalue weighted by atomic mass is 35.5. The van der Waals surface area contributed by atoms with Gasteiger partial charge in [0.15, 0.2) is 0 Å². The Kier molecular flexibility index (Phi) is 5.14. The number of hydrogen-bond donors (Lipinski definition) is 1. The van der Waals surface area contributed by atoms with Crippen molar-refractivity contribution in [1.29, 1.82) is 0 Å². The van der Waals surface area contributed by atoms with Crippen LogP contribution in [0.1, 0.15) is 12.8 Å². The summed E-state index contributed by atoms with van der Waals surface area (Å²) in [6, 6.07) is 2.65. The summed E-state index contributed by atoms with van der Waals surface area (Å²) in [7, 11) is -3.61. The molecular weight excluding hydrogens is 272 g/mol. The van der Waals surface area contributed by atoms with Crippen molar-refractivity contribution in [1.82, 2.24) is 0 Å². The number of alkyl halides is 1. The third kappa shape index (κ3) is 4.87. The van der Waals surface area contributed by atoms with Crippen LogP contribution in [0.4, 0.5) is 14.5 Å². The molecule has 0 aromatic heterocycles. The Labute approximate surface area is 104 Å². The average Bonchev–Trinajstić information content (AvgIpc) is 2.22. The van der Waals surface area contributed by atoms with Crippen molar-refractivity contribution in [2.45, 2.75) is 12.8 Å². The molecule has 0 bridgehead atoms. The number of sulfonamides is 1. The van der Waals surface area contributed by atoms with Gasteiger partial charge in [-0.3, -0.25) is 4.72 Å². The van der Waals surface area contributed by atoms with Crippen LogP contribution in [0.5, 0.6) is 0 Å². The molecule has 1 N–H and O–H groups in total. The molecular formula is C10H12ClF2NO2S. The summed E-state index contributed by atoms with van der Waals surface area (Å²) in [6.45, 7) is 0. The molecule has 0 spiro atoms. The van der Waals surface area contributed by atoms with Crippen molar-refractivity contribution in [2.24, 2.45) is 0 Å². The van der Waals surface area contributed by atoms with Crippen molar-refractivity contribution in [3.8, 4) is 0 Å². The zero-order chi connectivity index (χ0) is 12.9. The van der Waals surface area contributed by atoms with Gasteiger partial charge in [0.25, 0.3) is 0 Å². The lowest BCUT2D eigenvalue weighted by atomic mass is 10.3. The number of hydrogen-bond acceptors (Lipinski definition) is 2. The van der Waals surface area contributed by atoms with Crippen LogP contribution in [0.25, 0.3) is 0 Å². The maximum Gasteiger partial charge on any atom is 0.232 e. The molecule has 1 rings (SSSR count). The van der Waals surface area contributed by atoms with Crippen LogP contribution < -0.4 is 4.72 Å². The first kappa shape index (κ1) is 14.2. The molecule has 1 aromatic rings. The molecule has 0 aliphatic carbocycles. The molecule has 0 aliphatic rings. The molecule has 0 aliphatic heterocycles. The summed E-state index contributed by atoms with van der Waals surface area (Å²) in [4.78, 5) is 0. The van der Waals surface area contributed by atoms with Crippen molar-refractivity contribution >= 4 is 27.3 Å². The molecule has 0 heterocycles. The number of benzene rings is 1. The molecule has 3 nitrogen and oxygen atoms in total. The summed E-state index contributed by atoms with van der Waals surface area (Å²) < 4.78 is 50.8. The van der Waals surface area contributed by atoms with Crippen molar-refractivity contribution in [2.75, 3.05) is 16.4 Å². The lowest BCUT2D eigenvalue weighted by molar-refractivity contribution is 0.582. The lowest BCUT2D eigenvalue weighted by Crippen LogP contribution is -2.17. The van der Waals surface area contributed by atoms with Gasteiger partial charge in [-0.2, -0.15) is 0 Å². The Balaban J connectivity index is 2.69. The van der Waals surface area contributed by atoms with Crippen LogP contribution in [0.15, 0.2) is 18.2 Å². The first-order valence-electron chi connectivity index (χ1n) is 4.96. The molecule has 7 heteroatoms. The number of anilines is 1. The van der Waals surface area contributed by atoms with E-state index in [0.29, 0.717) is 24.8 Å². The highest BCUT2D eigenvalue weighted by Crippen LogP contribution is 2.16. The van der Waals surface area contributed by atoms with E-state index in [0.717, 1.165) is 12.1 Å². The van der Waals surface area contributed by atoms with Gasteiger partial charge in [-0.05, 0) is 25.0 Å². The monoisotopic (exact) mass is 283 g/mol. The second kappa shape index (κ2) is 6.16. The SMILES string of the molecule is O=S(=O)(CCCCCl)Nc1ccc(F)cc1F. The van der Waals surface area contributed by atoms with Gasteiger partial charge in [-0.25, -0.2) is 17.2 Å². The summed E-state index contributed by atoms with van der Waals surface area (Å²) >= 11 is 5.42. The summed E-state index contributed by atoms with van der Waals surface area (Å²) in [6.07, 6.45) is 0.954.